The minimum absolute atomic E-state index is 0.103. The fraction of sp³-hybridized carbons (Fsp3) is 0.529. The number of benzene rings is 1. The van der Waals surface area contributed by atoms with Crippen LogP contribution in [0, 0.1) is 16.0 Å². The zero-order valence-electron chi connectivity index (χ0n) is 14.7. The van der Waals surface area contributed by atoms with E-state index in [-0.39, 0.29) is 17.2 Å². The fourth-order valence-electron chi connectivity index (χ4n) is 2.89. The third kappa shape index (κ3) is 4.26. The number of methoxy groups -OCH3 is 1. The molecule has 0 spiro atoms. The Hall–Kier alpha value is -2.64. The van der Waals surface area contributed by atoms with Crippen LogP contribution in [0.5, 0.6) is 0 Å². The van der Waals surface area contributed by atoms with Gasteiger partial charge in [0.15, 0.2) is 0 Å². The van der Waals surface area contributed by atoms with E-state index < -0.39 is 22.8 Å². The van der Waals surface area contributed by atoms with Gasteiger partial charge in [-0.2, -0.15) is 0 Å². The molecule has 0 aromatic heterocycles. The van der Waals surface area contributed by atoms with Crippen molar-refractivity contribution in [3.8, 4) is 0 Å². The third-order valence-electron chi connectivity index (χ3n) is 4.29. The zero-order valence-corrected chi connectivity index (χ0v) is 14.7. The van der Waals surface area contributed by atoms with Crippen LogP contribution in [0.4, 0.5) is 11.4 Å². The summed E-state index contributed by atoms with van der Waals surface area (Å²) < 4.78 is 4.69. The van der Waals surface area contributed by atoms with E-state index in [1.165, 1.54) is 13.2 Å². The first kappa shape index (κ1) is 18.7. The predicted octanol–water partition coefficient (Wildman–Crippen LogP) is 2.12. The molecule has 8 heteroatoms. The van der Waals surface area contributed by atoms with E-state index in [2.05, 4.69) is 5.32 Å². The summed E-state index contributed by atoms with van der Waals surface area (Å²) in [5.41, 5.74) is 0.561. The summed E-state index contributed by atoms with van der Waals surface area (Å²) in [6, 6.07) is 3.60. The lowest BCUT2D eigenvalue weighted by molar-refractivity contribution is -0.384. The highest BCUT2D eigenvalue weighted by Gasteiger charge is 2.28. The molecule has 1 aliphatic rings. The molecule has 1 aromatic rings. The van der Waals surface area contributed by atoms with Gasteiger partial charge < -0.3 is 15.0 Å². The van der Waals surface area contributed by atoms with Gasteiger partial charge in [-0.15, -0.1) is 0 Å². The molecule has 1 unspecified atom stereocenters. The molecule has 2 rings (SSSR count). The first-order valence-electron chi connectivity index (χ1n) is 8.27. The number of nitro groups is 1. The molecule has 8 nitrogen and oxygen atoms in total. The van der Waals surface area contributed by atoms with Crippen LogP contribution in [0.25, 0.3) is 0 Å². The van der Waals surface area contributed by atoms with Crippen LogP contribution in [-0.2, 0) is 9.53 Å². The van der Waals surface area contributed by atoms with E-state index in [9.17, 15) is 19.7 Å². The van der Waals surface area contributed by atoms with Gasteiger partial charge in [0.1, 0.15) is 11.7 Å². The minimum Gasteiger partial charge on any atom is -0.467 e. The van der Waals surface area contributed by atoms with Gasteiger partial charge in [-0.05, 0) is 30.9 Å². The van der Waals surface area contributed by atoms with Crippen LogP contribution in [0.2, 0.25) is 0 Å². The molecule has 1 amide bonds. The Balaban J connectivity index is 2.26. The lowest BCUT2D eigenvalue weighted by Crippen LogP contribution is -2.45. The smallest absolute Gasteiger partial charge is 0.328 e. The number of carbonyl (C=O) groups is 2. The van der Waals surface area contributed by atoms with Gasteiger partial charge in [0.05, 0.1) is 12.0 Å². The normalized spacial score (nSPS) is 15.1. The second-order valence-electron chi connectivity index (χ2n) is 6.37. The van der Waals surface area contributed by atoms with Gasteiger partial charge >= 0.3 is 5.97 Å². The van der Waals surface area contributed by atoms with E-state index in [0.717, 1.165) is 25.9 Å². The number of hydrogen-bond donors (Lipinski definition) is 1. The van der Waals surface area contributed by atoms with Crippen LogP contribution in [-0.4, -0.2) is 43.0 Å². The predicted molar refractivity (Wildman–Crippen MR) is 92.7 cm³/mol. The van der Waals surface area contributed by atoms with Gasteiger partial charge in [0.2, 0.25) is 0 Å². The molecule has 0 saturated carbocycles. The number of hydrogen-bond acceptors (Lipinski definition) is 6. The molecule has 25 heavy (non-hydrogen) atoms. The number of carbonyl (C=O) groups excluding carboxylic acids is 2. The Morgan fingerprint density at radius 3 is 2.44 bits per heavy atom. The van der Waals surface area contributed by atoms with Crippen molar-refractivity contribution >= 4 is 23.3 Å². The standard InChI is InChI=1S/C17H23N3O5/c1-11(2)15(17(22)25-3)18-16(21)12-6-7-13(14(10-12)20(23)24)19-8-4-5-9-19/h6-7,10-11,15H,4-5,8-9H2,1-3H3,(H,18,21). The largest absolute Gasteiger partial charge is 0.467 e. The fourth-order valence-corrected chi connectivity index (χ4v) is 2.89. The SMILES string of the molecule is COC(=O)C(NC(=O)c1ccc(N2CCCC2)c([N+](=O)[O-])c1)C(C)C. The highest BCUT2D eigenvalue weighted by molar-refractivity contribution is 5.98. The molecule has 1 fully saturated rings. The molecule has 0 bridgehead atoms. The van der Waals surface area contributed by atoms with Gasteiger partial charge in [-0.1, -0.05) is 13.8 Å². The molecule has 1 heterocycles. The second-order valence-corrected chi connectivity index (χ2v) is 6.37. The molecule has 1 aromatic carbocycles. The zero-order chi connectivity index (χ0) is 18.6. The van der Waals surface area contributed by atoms with Crippen molar-refractivity contribution in [1.29, 1.82) is 0 Å². The van der Waals surface area contributed by atoms with Crippen LogP contribution in [0.1, 0.15) is 37.0 Å². The topological polar surface area (TPSA) is 102 Å². The van der Waals surface area contributed by atoms with Crippen LogP contribution >= 0.6 is 0 Å². The van der Waals surface area contributed by atoms with Crippen molar-refractivity contribution in [1.82, 2.24) is 5.32 Å². The van der Waals surface area contributed by atoms with E-state index in [0.29, 0.717) is 5.69 Å². The van der Waals surface area contributed by atoms with E-state index in [1.54, 1.807) is 26.0 Å². The average molecular weight is 349 g/mol. The molecule has 0 radical (unpaired) electrons. The lowest BCUT2D eigenvalue weighted by Gasteiger charge is -2.20. The average Bonchev–Trinajstić information content (AvgIpc) is 3.12. The number of nitro benzene ring substituents is 1. The molecule has 136 valence electrons. The van der Waals surface area contributed by atoms with Gasteiger partial charge in [-0.3, -0.25) is 14.9 Å². The Morgan fingerprint density at radius 1 is 1.28 bits per heavy atom. The summed E-state index contributed by atoms with van der Waals surface area (Å²) in [6.45, 7) is 5.09. The molecule has 0 aliphatic carbocycles. The van der Waals surface area contributed by atoms with Gasteiger partial charge in [0.25, 0.3) is 11.6 Å². The summed E-state index contributed by atoms with van der Waals surface area (Å²) in [4.78, 5) is 37.1. The Labute approximate surface area is 146 Å². The second kappa shape index (κ2) is 7.96. The number of amides is 1. The maximum absolute atomic E-state index is 12.4. The molecular formula is C17H23N3O5. The van der Waals surface area contributed by atoms with Gasteiger partial charge in [0, 0.05) is 24.7 Å². The van der Waals surface area contributed by atoms with E-state index >= 15 is 0 Å². The number of anilines is 1. The van der Waals surface area contributed by atoms with Crippen LogP contribution in [0.15, 0.2) is 18.2 Å². The number of nitrogens with zero attached hydrogens (tertiary/aromatic N) is 2. The first-order valence-corrected chi connectivity index (χ1v) is 8.27. The van der Waals surface area contributed by atoms with E-state index in [4.69, 9.17) is 4.74 Å². The highest BCUT2D eigenvalue weighted by Crippen LogP contribution is 2.31. The number of esters is 1. The monoisotopic (exact) mass is 349 g/mol. The summed E-state index contributed by atoms with van der Waals surface area (Å²) in [5, 5.41) is 14.0. The first-order chi connectivity index (χ1) is 11.8. The van der Waals surface area contributed by atoms with Crippen LogP contribution in [0.3, 0.4) is 0 Å². The van der Waals surface area contributed by atoms with Gasteiger partial charge in [-0.25, -0.2) is 4.79 Å². The molecule has 1 aliphatic heterocycles. The van der Waals surface area contributed by atoms with Crippen molar-refractivity contribution in [2.75, 3.05) is 25.1 Å². The quantitative estimate of drug-likeness (QED) is 0.479. The lowest BCUT2D eigenvalue weighted by atomic mass is 10.0. The summed E-state index contributed by atoms with van der Waals surface area (Å²) in [5.74, 6) is -1.26. The third-order valence-corrected chi connectivity index (χ3v) is 4.29. The van der Waals surface area contributed by atoms with Crippen molar-refractivity contribution in [3.63, 3.8) is 0 Å². The number of ether oxygens (including phenoxy) is 1. The minimum atomic E-state index is -0.810. The number of rotatable bonds is 6. The molecular weight excluding hydrogens is 326 g/mol. The molecule has 1 saturated heterocycles. The van der Waals surface area contributed by atoms with Crippen LogP contribution < -0.4 is 10.2 Å². The molecule has 1 N–H and O–H groups in total. The summed E-state index contributed by atoms with van der Waals surface area (Å²) >= 11 is 0. The van der Waals surface area contributed by atoms with Crippen molar-refractivity contribution in [3.05, 3.63) is 33.9 Å². The molecule has 1 atom stereocenters. The maximum atomic E-state index is 12.4. The highest BCUT2D eigenvalue weighted by atomic mass is 16.6. The summed E-state index contributed by atoms with van der Waals surface area (Å²) in [6.07, 6.45) is 1.99. The van der Waals surface area contributed by atoms with E-state index in [1.807, 2.05) is 4.90 Å². The Kier molecular flexibility index (Phi) is 5.95. The Morgan fingerprint density at radius 2 is 1.92 bits per heavy atom. The van der Waals surface area contributed by atoms with Crippen molar-refractivity contribution in [2.24, 2.45) is 5.92 Å². The maximum Gasteiger partial charge on any atom is 0.328 e. The summed E-state index contributed by atoms with van der Waals surface area (Å²) in [7, 11) is 1.25. The Bertz CT molecular complexity index is 668. The van der Waals surface area contributed by atoms with Crippen molar-refractivity contribution < 1.29 is 19.2 Å². The van der Waals surface area contributed by atoms with Crippen molar-refractivity contribution in [2.45, 2.75) is 32.7 Å². The number of nitrogens with one attached hydrogen (secondary N) is 1.